The third kappa shape index (κ3) is 2.34. The van der Waals surface area contributed by atoms with Crippen molar-refractivity contribution in [1.82, 2.24) is 9.97 Å². The molecule has 0 aromatic carbocycles. The molecular formula is C10H10N4OS. The molecule has 5 nitrogen and oxygen atoms in total. The van der Waals surface area contributed by atoms with E-state index in [1.807, 2.05) is 6.07 Å². The Morgan fingerprint density at radius 2 is 2.25 bits per heavy atom. The van der Waals surface area contributed by atoms with Crippen LogP contribution < -0.4 is 11.1 Å². The number of hydrogen-bond acceptors (Lipinski definition) is 5. The van der Waals surface area contributed by atoms with E-state index in [9.17, 15) is 0 Å². The second-order valence-corrected chi connectivity index (χ2v) is 3.54. The molecule has 3 N–H and O–H groups in total. The van der Waals surface area contributed by atoms with E-state index in [1.165, 1.54) is 0 Å². The van der Waals surface area contributed by atoms with Gasteiger partial charge in [0, 0.05) is 24.5 Å². The molecule has 2 heterocycles. The highest BCUT2D eigenvalue weighted by Gasteiger charge is 2.07. The maximum atomic E-state index is 5.53. The van der Waals surface area contributed by atoms with Gasteiger partial charge in [0.2, 0.25) is 0 Å². The first-order valence-electron chi connectivity index (χ1n) is 4.63. The van der Waals surface area contributed by atoms with Gasteiger partial charge in [0.05, 0.1) is 12.5 Å². The van der Waals surface area contributed by atoms with Crippen LogP contribution in [0, 0.1) is 0 Å². The minimum absolute atomic E-state index is 0.225. The maximum Gasteiger partial charge on any atom is 0.155 e. The molecule has 16 heavy (non-hydrogen) atoms. The molecular weight excluding hydrogens is 224 g/mol. The average molecular weight is 234 g/mol. The molecule has 0 saturated heterocycles. The lowest BCUT2D eigenvalue weighted by molar-refractivity contribution is 0.564. The Morgan fingerprint density at radius 3 is 2.94 bits per heavy atom. The molecule has 82 valence electrons. The summed E-state index contributed by atoms with van der Waals surface area (Å²) in [6.45, 7) is 0.588. The Bertz CT molecular complexity index is 483. The van der Waals surface area contributed by atoms with E-state index >= 15 is 0 Å². The van der Waals surface area contributed by atoms with Crippen LogP contribution in [0.15, 0.2) is 35.4 Å². The SMILES string of the molecule is NC(=S)c1nccnc1NCc1ccoc1. The average Bonchev–Trinajstić information content (AvgIpc) is 2.79. The van der Waals surface area contributed by atoms with Gasteiger partial charge in [0.25, 0.3) is 0 Å². The fraction of sp³-hybridized carbons (Fsp3) is 0.100. The first-order chi connectivity index (χ1) is 7.77. The smallest absolute Gasteiger partial charge is 0.155 e. The second-order valence-electron chi connectivity index (χ2n) is 3.10. The highest BCUT2D eigenvalue weighted by atomic mass is 32.1. The number of nitrogens with zero attached hydrogens (tertiary/aromatic N) is 2. The third-order valence-electron chi connectivity index (χ3n) is 1.97. The molecule has 0 atom stereocenters. The van der Waals surface area contributed by atoms with Crippen LogP contribution in [0.4, 0.5) is 5.82 Å². The Morgan fingerprint density at radius 1 is 1.44 bits per heavy atom. The lowest BCUT2D eigenvalue weighted by atomic mass is 10.3. The van der Waals surface area contributed by atoms with Crippen LogP contribution in [0.3, 0.4) is 0 Å². The lowest BCUT2D eigenvalue weighted by Crippen LogP contribution is -2.16. The molecule has 0 aliphatic rings. The fourth-order valence-electron chi connectivity index (χ4n) is 1.23. The number of hydrogen-bond donors (Lipinski definition) is 2. The standard InChI is InChI=1S/C10H10N4OS/c11-9(16)8-10(13-3-2-12-8)14-5-7-1-4-15-6-7/h1-4,6H,5H2,(H2,11,16)(H,13,14). The zero-order valence-corrected chi connectivity index (χ0v) is 9.20. The van der Waals surface area contributed by atoms with Crippen molar-refractivity contribution in [2.24, 2.45) is 5.73 Å². The first kappa shape index (κ1) is 10.6. The fourth-order valence-corrected chi connectivity index (χ4v) is 1.38. The number of nitrogens with two attached hydrogens (primary N) is 1. The number of nitrogens with one attached hydrogen (secondary N) is 1. The second kappa shape index (κ2) is 4.71. The van der Waals surface area contributed by atoms with Gasteiger partial charge in [-0.15, -0.1) is 0 Å². The van der Waals surface area contributed by atoms with Crippen molar-refractivity contribution in [1.29, 1.82) is 0 Å². The highest BCUT2D eigenvalue weighted by molar-refractivity contribution is 7.80. The van der Waals surface area contributed by atoms with E-state index in [-0.39, 0.29) is 4.99 Å². The van der Waals surface area contributed by atoms with Crippen LogP contribution in [-0.4, -0.2) is 15.0 Å². The summed E-state index contributed by atoms with van der Waals surface area (Å²) in [6, 6.07) is 1.86. The van der Waals surface area contributed by atoms with Crippen molar-refractivity contribution in [3.8, 4) is 0 Å². The van der Waals surface area contributed by atoms with Gasteiger partial charge in [-0.05, 0) is 6.07 Å². The number of rotatable bonds is 4. The van der Waals surface area contributed by atoms with Crippen LogP contribution in [-0.2, 0) is 6.54 Å². The largest absolute Gasteiger partial charge is 0.472 e. The van der Waals surface area contributed by atoms with Crippen molar-refractivity contribution in [2.45, 2.75) is 6.54 Å². The van der Waals surface area contributed by atoms with E-state index in [0.717, 1.165) is 5.56 Å². The molecule has 0 saturated carbocycles. The zero-order chi connectivity index (χ0) is 11.4. The highest BCUT2D eigenvalue weighted by Crippen LogP contribution is 2.10. The van der Waals surface area contributed by atoms with Gasteiger partial charge in [-0.25, -0.2) is 9.97 Å². The number of thiocarbonyl (C=S) groups is 1. The number of furan rings is 1. The Labute approximate surface area is 97.7 Å². The van der Waals surface area contributed by atoms with E-state index in [2.05, 4.69) is 15.3 Å². The molecule has 2 aromatic rings. The molecule has 2 aromatic heterocycles. The van der Waals surface area contributed by atoms with Crippen molar-refractivity contribution in [2.75, 3.05) is 5.32 Å². The molecule has 0 unspecified atom stereocenters. The predicted octanol–water partition coefficient (Wildman–Crippen LogP) is 1.32. The molecule has 0 radical (unpaired) electrons. The molecule has 0 aliphatic carbocycles. The summed E-state index contributed by atoms with van der Waals surface area (Å²) in [5, 5.41) is 3.10. The van der Waals surface area contributed by atoms with E-state index < -0.39 is 0 Å². The summed E-state index contributed by atoms with van der Waals surface area (Å²) in [7, 11) is 0. The van der Waals surface area contributed by atoms with Gasteiger partial charge < -0.3 is 15.5 Å². The topological polar surface area (TPSA) is 77.0 Å². The van der Waals surface area contributed by atoms with Crippen molar-refractivity contribution >= 4 is 23.0 Å². The molecule has 0 spiro atoms. The molecule has 0 amide bonds. The van der Waals surface area contributed by atoms with E-state index in [4.69, 9.17) is 22.4 Å². The van der Waals surface area contributed by atoms with Gasteiger partial charge in [-0.2, -0.15) is 0 Å². The van der Waals surface area contributed by atoms with E-state index in [1.54, 1.807) is 24.9 Å². The summed E-state index contributed by atoms with van der Waals surface area (Å²) in [5.74, 6) is 0.580. The van der Waals surface area contributed by atoms with Crippen LogP contribution in [0.1, 0.15) is 11.3 Å². The van der Waals surface area contributed by atoms with Crippen LogP contribution in [0.5, 0.6) is 0 Å². The minimum Gasteiger partial charge on any atom is -0.472 e. The molecule has 0 aliphatic heterocycles. The van der Waals surface area contributed by atoms with Gasteiger partial charge >= 0.3 is 0 Å². The first-order valence-corrected chi connectivity index (χ1v) is 5.04. The lowest BCUT2D eigenvalue weighted by Gasteiger charge is -2.07. The quantitative estimate of drug-likeness (QED) is 0.777. The minimum atomic E-state index is 0.225. The monoisotopic (exact) mass is 234 g/mol. The molecule has 0 bridgehead atoms. The summed E-state index contributed by atoms with van der Waals surface area (Å²) >= 11 is 4.88. The van der Waals surface area contributed by atoms with Crippen molar-refractivity contribution in [3.63, 3.8) is 0 Å². The Kier molecular flexibility index (Phi) is 3.11. The summed E-state index contributed by atoms with van der Waals surface area (Å²) in [6.07, 6.45) is 6.41. The zero-order valence-electron chi connectivity index (χ0n) is 8.38. The van der Waals surface area contributed by atoms with Crippen molar-refractivity contribution < 1.29 is 4.42 Å². The summed E-state index contributed by atoms with van der Waals surface area (Å²) in [4.78, 5) is 8.42. The predicted molar refractivity (Wildman–Crippen MR) is 64.0 cm³/mol. The van der Waals surface area contributed by atoms with Gasteiger partial charge in [-0.3, -0.25) is 0 Å². The number of aromatic nitrogens is 2. The Hall–Kier alpha value is -1.95. The van der Waals surface area contributed by atoms with Crippen LogP contribution >= 0.6 is 12.2 Å². The van der Waals surface area contributed by atoms with Gasteiger partial charge in [0.1, 0.15) is 10.7 Å². The van der Waals surface area contributed by atoms with Crippen LogP contribution in [0.25, 0.3) is 0 Å². The van der Waals surface area contributed by atoms with Crippen molar-refractivity contribution in [3.05, 3.63) is 42.2 Å². The normalized spacial score (nSPS) is 10.0. The molecule has 0 fully saturated rings. The van der Waals surface area contributed by atoms with E-state index in [0.29, 0.717) is 18.1 Å². The summed E-state index contributed by atoms with van der Waals surface area (Å²) < 4.78 is 4.95. The molecule has 2 rings (SSSR count). The molecule has 6 heteroatoms. The van der Waals surface area contributed by atoms with Crippen LogP contribution in [0.2, 0.25) is 0 Å². The van der Waals surface area contributed by atoms with Gasteiger partial charge in [-0.1, -0.05) is 12.2 Å². The number of anilines is 1. The Balaban J connectivity index is 2.12. The third-order valence-corrected chi connectivity index (χ3v) is 2.17. The summed E-state index contributed by atoms with van der Waals surface area (Å²) in [5.41, 5.74) is 7.05. The van der Waals surface area contributed by atoms with Gasteiger partial charge in [0.15, 0.2) is 5.82 Å². The maximum absolute atomic E-state index is 5.53.